The summed E-state index contributed by atoms with van der Waals surface area (Å²) in [5.74, 6) is -2.44. The Morgan fingerprint density at radius 1 is 1.12 bits per heavy atom. The van der Waals surface area contributed by atoms with E-state index in [1.807, 2.05) is 6.92 Å². The lowest BCUT2D eigenvalue weighted by Crippen LogP contribution is -2.32. The molecule has 128 valence electrons. The maximum absolute atomic E-state index is 13.7. The third-order valence-electron chi connectivity index (χ3n) is 3.73. The number of nitrogens with one attached hydrogen (secondary N) is 1. The average molecular weight is 344 g/mol. The van der Waals surface area contributed by atoms with Gasteiger partial charge in [-0.25, -0.2) is 8.78 Å². The van der Waals surface area contributed by atoms with Crippen LogP contribution in [-0.2, 0) is 0 Å². The summed E-state index contributed by atoms with van der Waals surface area (Å²) in [7, 11) is 1.25. The number of aryl methyl sites for hydroxylation is 1. The number of aromatic nitrogens is 1. The second-order valence-corrected chi connectivity index (χ2v) is 5.48. The van der Waals surface area contributed by atoms with E-state index in [0.29, 0.717) is 16.8 Å². The van der Waals surface area contributed by atoms with Gasteiger partial charge in [0, 0.05) is 6.07 Å². The lowest BCUT2D eigenvalue weighted by Gasteiger charge is -2.13. The number of hydrogen-bond donors (Lipinski definition) is 1. The van der Waals surface area contributed by atoms with E-state index in [4.69, 9.17) is 4.84 Å². The van der Waals surface area contributed by atoms with Crippen molar-refractivity contribution in [1.82, 2.24) is 4.73 Å². The van der Waals surface area contributed by atoms with Crippen molar-refractivity contribution in [2.75, 3.05) is 12.4 Å². The van der Waals surface area contributed by atoms with Gasteiger partial charge in [-0.3, -0.25) is 9.59 Å². The van der Waals surface area contributed by atoms with Gasteiger partial charge in [-0.2, -0.15) is 0 Å². The van der Waals surface area contributed by atoms with Crippen LogP contribution in [0.25, 0.3) is 10.8 Å². The lowest BCUT2D eigenvalue weighted by atomic mass is 10.1. The van der Waals surface area contributed by atoms with Gasteiger partial charge < -0.3 is 10.2 Å². The van der Waals surface area contributed by atoms with Crippen LogP contribution in [0.3, 0.4) is 0 Å². The van der Waals surface area contributed by atoms with Crippen LogP contribution in [0.4, 0.5) is 14.5 Å². The van der Waals surface area contributed by atoms with Crippen molar-refractivity contribution in [2.24, 2.45) is 0 Å². The molecule has 7 heteroatoms. The summed E-state index contributed by atoms with van der Waals surface area (Å²) in [5.41, 5.74) is 0.0735. The Bertz CT molecular complexity index is 1040. The van der Waals surface area contributed by atoms with Crippen molar-refractivity contribution in [1.29, 1.82) is 0 Å². The predicted molar refractivity (Wildman–Crippen MR) is 89.8 cm³/mol. The first-order valence-corrected chi connectivity index (χ1v) is 7.38. The second-order valence-electron chi connectivity index (χ2n) is 5.48. The monoisotopic (exact) mass is 344 g/mol. The Morgan fingerprint density at radius 2 is 1.88 bits per heavy atom. The van der Waals surface area contributed by atoms with E-state index < -0.39 is 23.1 Å². The SMILES string of the molecule is COn1c(C(=O)Nc2ccc(F)cc2F)cc2ccc(C)cc2c1=O. The molecule has 0 spiro atoms. The molecule has 2 aromatic carbocycles. The Kier molecular flexibility index (Phi) is 4.22. The minimum Gasteiger partial charge on any atom is -0.413 e. The molecule has 0 fully saturated rings. The highest BCUT2D eigenvalue weighted by atomic mass is 19.1. The molecule has 1 heterocycles. The van der Waals surface area contributed by atoms with Gasteiger partial charge in [-0.15, -0.1) is 4.73 Å². The normalized spacial score (nSPS) is 10.7. The van der Waals surface area contributed by atoms with Crippen molar-refractivity contribution in [2.45, 2.75) is 6.92 Å². The molecule has 0 saturated carbocycles. The first-order valence-electron chi connectivity index (χ1n) is 7.38. The van der Waals surface area contributed by atoms with Crippen molar-refractivity contribution in [3.8, 4) is 0 Å². The third-order valence-corrected chi connectivity index (χ3v) is 3.73. The summed E-state index contributed by atoms with van der Waals surface area (Å²) < 4.78 is 27.5. The van der Waals surface area contributed by atoms with Crippen molar-refractivity contribution in [3.63, 3.8) is 0 Å². The van der Waals surface area contributed by atoms with Crippen molar-refractivity contribution in [3.05, 3.63) is 75.7 Å². The molecule has 3 aromatic rings. The highest BCUT2D eigenvalue weighted by Gasteiger charge is 2.18. The number of benzene rings is 2. The maximum atomic E-state index is 13.7. The van der Waals surface area contributed by atoms with Crippen molar-refractivity contribution >= 4 is 22.4 Å². The summed E-state index contributed by atoms with van der Waals surface area (Å²) in [6, 6.07) is 9.45. The molecule has 3 rings (SSSR count). The predicted octanol–water partition coefficient (Wildman–Crippen LogP) is 2.90. The van der Waals surface area contributed by atoms with Gasteiger partial charge in [0.25, 0.3) is 11.5 Å². The van der Waals surface area contributed by atoms with Gasteiger partial charge in [-0.05, 0) is 36.6 Å². The first kappa shape index (κ1) is 16.6. The van der Waals surface area contributed by atoms with E-state index in [9.17, 15) is 18.4 Å². The smallest absolute Gasteiger partial charge is 0.291 e. The summed E-state index contributed by atoms with van der Waals surface area (Å²) in [5, 5.41) is 3.26. The van der Waals surface area contributed by atoms with Gasteiger partial charge >= 0.3 is 0 Å². The van der Waals surface area contributed by atoms with Gasteiger partial charge in [0.1, 0.15) is 24.4 Å². The average Bonchev–Trinajstić information content (AvgIpc) is 2.57. The number of carbonyl (C=O) groups is 1. The molecule has 0 aliphatic rings. The van der Waals surface area contributed by atoms with E-state index in [0.717, 1.165) is 22.4 Å². The van der Waals surface area contributed by atoms with Crippen LogP contribution in [0.2, 0.25) is 0 Å². The molecular formula is C18H14F2N2O3. The number of carbonyl (C=O) groups excluding carboxylic acids is 1. The Hall–Kier alpha value is -3.22. The van der Waals surface area contributed by atoms with E-state index in [2.05, 4.69) is 5.32 Å². The fourth-order valence-electron chi connectivity index (χ4n) is 2.52. The molecule has 5 nitrogen and oxygen atoms in total. The van der Waals surface area contributed by atoms with Crippen LogP contribution >= 0.6 is 0 Å². The zero-order valence-corrected chi connectivity index (χ0v) is 13.5. The molecule has 0 saturated heterocycles. The van der Waals surface area contributed by atoms with Crippen LogP contribution in [0.5, 0.6) is 0 Å². The standard InChI is InChI=1S/C18H14F2N2O3/c1-10-3-4-11-8-16(22(25-2)18(24)13(11)7-10)17(23)21-15-6-5-12(19)9-14(15)20/h3-9H,1-2H3,(H,21,23). The maximum Gasteiger partial charge on any atom is 0.291 e. The lowest BCUT2D eigenvalue weighted by molar-refractivity contribution is 0.0952. The van der Waals surface area contributed by atoms with E-state index in [1.54, 1.807) is 18.2 Å². The van der Waals surface area contributed by atoms with Crippen LogP contribution in [0.1, 0.15) is 16.1 Å². The second kappa shape index (κ2) is 6.35. The summed E-state index contributed by atoms with van der Waals surface area (Å²) in [6.07, 6.45) is 0. The zero-order chi connectivity index (χ0) is 18.1. The zero-order valence-electron chi connectivity index (χ0n) is 13.5. The summed E-state index contributed by atoms with van der Waals surface area (Å²) in [6.45, 7) is 1.84. The number of pyridine rings is 1. The van der Waals surface area contributed by atoms with E-state index >= 15 is 0 Å². The molecule has 25 heavy (non-hydrogen) atoms. The molecule has 0 bridgehead atoms. The van der Waals surface area contributed by atoms with Gasteiger partial charge in [0.2, 0.25) is 0 Å². The first-order chi connectivity index (χ1) is 11.9. The quantitative estimate of drug-likeness (QED) is 0.795. The van der Waals surface area contributed by atoms with Crippen LogP contribution in [-0.4, -0.2) is 17.7 Å². The minimum atomic E-state index is -0.920. The number of anilines is 1. The molecule has 0 aliphatic carbocycles. The fourth-order valence-corrected chi connectivity index (χ4v) is 2.52. The number of amides is 1. The topological polar surface area (TPSA) is 60.3 Å². The van der Waals surface area contributed by atoms with E-state index in [1.165, 1.54) is 13.2 Å². The molecule has 1 aromatic heterocycles. The van der Waals surface area contributed by atoms with Crippen molar-refractivity contribution < 1.29 is 18.4 Å². The summed E-state index contributed by atoms with van der Waals surface area (Å²) in [4.78, 5) is 30.0. The number of halogens is 2. The largest absolute Gasteiger partial charge is 0.413 e. The van der Waals surface area contributed by atoms with Crippen LogP contribution in [0, 0.1) is 18.6 Å². The number of rotatable bonds is 3. The molecule has 1 amide bonds. The fraction of sp³-hybridized carbons (Fsp3) is 0.111. The van der Waals surface area contributed by atoms with E-state index in [-0.39, 0.29) is 11.4 Å². The molecule has 0 unspecified atom stereocenters. The van der Waals surface area contributed by atoms with Gasteiger partial charge in [0.05, 0.1) is 11.1 Å². The number of nitrogens with zero attached hydrogens (tertiary/aromatic N) is 1. The molecule has 1 N–H and O–H groups in total. The third kappa shape index (κ3) is 3.08. The number of fused-ring (bicyclic) bond motifs is 1. The summed E-state index contributed by atoms with van der Waals surface area (Å²) >= 11 is 0. The van der Waals surface area contributed by atoms with Crippen LogP contribution < -0.4 is 15.7 Å². The molecule has 0 aliphatic heterocycles. The minimum absolute atomic E-state index is 0.104. The Balaban J connectivity index is 2.09. The van der Waals surface area contributed by atoms with Gasteiger partial charge in [-0.1, -0.05) is 17.7 Å². The molecule has 0 radical (unpaired) electrons. The Labute approximate surface area is 141 Å². The highest BCUT2D eigenvalue weighted by molar-refractivity contribution is 6.05. The molecule has 0 atom stereocenters. The van der Waals surface area contributed by atoms with Crippen LogP contribution in [0.15, 0.2) is 47.3 Å². The van der Waals surface area contributed by atoms with Gasteiger partial charge in [0.15, 0.2) is 0 Å². The molecular weight excluding hydrogens is 330 g/mol. The Morgan fingerprint density at radius 3 is 2.56 bits per heavy atom. The highest BCUT2D eigenvalue weighted by Crippen LogP contribution is 2.18. The number of hydrogen-bond acceptors (Lipinski definition) is 3.